The average Bonchev–Trinajstić information content (AvgIpc) is 3.16. The molecule has 2 fully saturated rings. The van der Waals surface area contributed by atoms with Crippen LogP contribution in [0.2, 0.25) is 0 Å². The Morgan fingerprint density at radius 3 is 2.19 bits per heavy atom. The molecule has 142 valence electrons. The van der Waals surface area contributed by atoms with Crippen LogP contribution in [0.15, 0.2) is 18.3 Å². The number of hydrogen-bond donors (Lipinski definition) is 1. The highest BCUT2D eigenvalue weighted by atomic mass is 19.4. The van der Waals surface area contributed by atoms with Crippen molar-refractivity contribution in [2.45, 2.75) is 20.0 Å². The molecule has 1 saturated carbocycles. The maximum absolute atomic E-state index is 12.6. The van der Waals surface area contributed by atoms with E-state index in [2.05, 4.69) is 4.98 Å². The molecule has 1 amide bonds. The second-order valence-electron chi connectivity index (χ2n) is 7.33. The van der Waals surface area contributed by atoms with Crippen LogP contribution in [0.3, 0.4) is 0 Å². The van der Waals surface area contributed by atoms with Gasteiger partial charge in [-0.2, -0.15) is 13.2 Å². The molecule has 0 aromatic carbocycles. The number of aromatic nitrogens is 1. The number of anilines is 1. The van der Waals surface area contributed by atoms with Crippen molar-refractivity contribution in [3.63, 3.8) is 0 Å². The van der Waals surface area contributed by atoms with Crippen LogP contribution in [0.5, 0.6) is 0 Å². The van der Waals surface area contributed by atoms with Crippen molar-refractivity contribution in [3.05, 3.63) is 23.9 Å². The van der Waals surface area contributed by atoms with Gasteiger partial charge in [-0.15, -0.1) is 0 Å². The molecule has 1 N–H and O–H groups in total. The van der Waals surface area contributed by atoms with Crippen LogP contribution < -0.4 is 4.90 Å². The molecule has 2 atom stereocenters. The number of amides is 1. The molecule has 1 aromatic heterocycles. The maximum Gasteiger partial charge on any atom is 0.417 e. The zero-order valence-corrected chi connectivity index (χ0v) is 14.5. The second kappa shape index (κ2) is 6.14. The monoisotopic (exact) mass is 371 g/mol. The summed E-state index contributed by atoms with van der Waals surface area (Å²) in [6.07, 6.45) is -3.62. The van der Waals surface area contributed by atoms with Crippen LogP contribution in [0, 0.1) is 17.3 Å². The Morgan fingerprint density at radius 1 is 1.15 bits per heavy atom. The number of aliphatic carboxylic acids is 1. The lowest BCUT2D eigenvalue weighted by atomic mass is 10.1. The molecule has 2 unspecified atom stereocenters. The summed E-state index contributed by atoms with van der Waals surface area (Å²) in [5.41, 5.74) is -1.35. The molecule has 1 aliphatic carbocycles. The number of carboxylic acids is 1. The zero-order valence-electron chi connectivity index (χ0n) is 14.5. The molecule has 6 nitrogen and oxygen atoms in total. The summed E-state index contributed by atoms with van der Waals surface area (Å²) in [7, 11) is 0. The van der Waals surface area contributed by atoms with Gasteiger partial charge in [0.05, 0.1) is 17.4 Å². The van der Waals surface area contributed by atoms with E-state index in [1.807, 2.05) is 4.90 Å². The minimum absolute atomic E-state index is 0.164. The topological polar surface area (TPSA) is 73.7 Å². The molecular formula is C17H20F3N3O3. The Kier molecular flexibility index (Phi) is 4.36. The van der Waals surface area contributed by atoms with E-state index in [1.54, 1.807) is 18.7 Å². The van der Waals surface area contributed by atoms with Crippen LogP contribution in [0.4, 0.5) is 19.0 Å². The molecule has 1 aromatic rings. The first kappa shape index (κ1) is 18.5. The summed E-state index contributed by atoms with van der Waals surface area (Å²) in [5, 5.41) is 9.21. The van der Waals surface area contributed by atoms with E-state index in [-0.39, 0.29) is 5.91 Å². The minimum atomic E-state index is -4.42. The number of carbonyl (C=O) groups is 2. The number of rotatable bonds is 3. The van der Waals surface area contributed by atoms with Gasteiger partial charge in [0.25, 0.3) is 0 Å². The van der Waals surface area contributed by atoms with E-state index < -0.39 is 35.0 Å². The molecule has 9 heteroatoms. The van der Waals surface area contributed by atoms with Crippen molar-refractivity contribution in [3.8, 4) is 0 Å². The number of carbonyl (C=O) groups excluding carboxylic acids is 1. The third-order valence-corrected chi connectivity index (χ3v) is 5.35. The minimum Gasteiger partial charge on any atom is -0.481 e. The number of pyridine rings is 1. The molecule has 0 spiro atoms. The Labute approximate surface area is 148 Å². The SMILES string of the molecule is CC1(C)C(C(=O)O)C1C(=O)N1CCN(c2ccc(C(F)(F)F)cn2)CC1. The zero-order chi connectivity index (χ0) is 19.3. The van der Waals surface area contributed by atoms with Crippen LogP contribution in [0.1, 0.15) is 19.4 Å². The number of piperazine rings is 1. The second-order valence-corrected chi connectivity index (χ2v) is 7.33. The molecule has 1 aliphatic heterocycles. The first-order chi connectivity index (χ1) is 12.0. The lowest BCUT2D eigenvalue weighted by Crippen LogP contribution is -2.50. The molecule has 2 aliphatic rings. The van der Waals surface area contributed by atoms with Crippen LogP contribution in [-0.4, -0.2) is 53.0 Å². The number of alkyl halides is 3. The Balaban J connectivity index is 1.60. The highest BCUT2D eigenvalue weighted by Gasteiger charge is 2.66. The normalized spacial score (nSPS) is 25.1. The van der Waals surface area contributed by atoms with E-state index in [0.717, 1.165) is 12.3 Å². The summed E-state index contributed by atoms with van der Waals surface area (Å²) in [5.74, 6) is -1.87. The van der Waals surface area contributed by atoms with Gasteiger partial charge in [-0.05, 0) is 17.5 Å². The standard InChI is InChI=1S/C17H20F3N3O3/c1-16(2)12(13(16)15(25)26)14(24)23-7-5-22(6-8-23)11-4-3-10(9-21-11)17(18,19)20/h3-4,9,12-13H,5-8H2,1-2H3,(H,25,26). The van der Waals surface area contributed by atoms with E-state index in [9.17, 15) is 27.9 Å². The molecule has 0 radical (unpaired) electrons. The highest BCUT2D eigenvalue weighted by Crippen LogP contribution is 2.59. The van der Waals surface area contributed by atoms with Gasteiger partial charge in [0.2, 0.25) is 5.91 Å². The van der Waals surface area contributed by atoms with Crippen molar-refractivity contribution in [1.29, 1.82) is 0 Å². The predicted octanol–water partition coefficient (Wildman–Crippen LogP) is 2.11. The average molecular weight is 371 g/mol. The molecular weight excluding hydrogens is 351 g/mol. The lowest BCUT2D eigenvalue weighted by Gasteiger charge is -2.35. The third kappa shape index (κ3) is 3.22. The van der Waals surface area contributed by atoms with Crippen molar-refractivity contribution in [2.24, 2.45) is 17.3 Å². The number of halogens is 3. The van der Waals surface area contributed by atoms with Crippen molar-refractivity contribution < 1.29 is 27.9 Å². The Morgan fingerprint density at radius 2 is 1.77 bits per heavy atom. The highest BCUT2D eigenvalue weighted by molar-refractivity contribution is 5.91. The molecule has 3 rings (SSSR count). The molecule has 0 bridgehead atoms. The molecule has 26 heavy (non-hydrogen) atoms. The number of nitrogens with zero attached hydrogens (tertiary/aromatic N) is 3. The Bertz CT molecular complexity index is 710. The van der Waals surface area contributed by atoms with Crippen molar-refractivity contribution in [2.75, 3.05) is 31.1 Å². The third-order valence-electron chi connectivity index (χ3n) is 5.35. The molecule has 2 heterocycles. The summed E-state index contributed by atoms with van der Waals surface area (Å²) >= 11 is 0. The van der Waals surface area contributed by atoms with Gasteiger partial charge in [-0.3, -0.25) is 9.59 Å². The summed E-state index contributed by atoms with van der Waals surface area (Å²) in [4.78, 5) is 31.2. The fourth-order valence-electron chi connectivity index (χ4n) is 3.65. The summed E-state index contributed by atoms with van der Waals surface area (Å²) in [6.45, 7) is 5.21. The quantitative estimate of drug-likeness (QED) is 0.881. The maximum atomic E-state index is 12.6. The van der Waals surface area contributed by atoms with Crippen LogP contribution in [0.25, 0.3) is 0 Å². The predicted molar refractivity (Wildman–Crippen MR) is 86.4 cm³/mol. The van der Waals surface area contributed by atoms with E-state index >= 15 is 0 Å². The number of hydrogen-bond acceptors (Lipinski definition) is 4. The smallest absolute Gasteiger partial charge is 0.417 e. The van der Waals surface area contributed by atoms with Gasteiger partial charge in [-0.25, -0.2) is 4.98 Å². The molecule has 1 saturated heterocycles. The fourth-order valence-corrected chi connectivity index (χ4v) is 3.65. The van der Waals surface area contributed by atoms with Crippen molar-refractivity contribution >= 4 is 17.7 Å². The summed E-state index contributed by atoms with van der Waals surface area (Å²) < 4.78 is 37.8. The van der Waals surface area contributed by atoms with Crippen LogP contribution >= 0.6 is 0 Å². The van der Waals surface area contributed by atoms with Gasteiger partial charge < -0.3 is 14.9 Å². The largest absolute Gasteiger partial charge is 0.481 e. The van der Waals surface area contributed by atoms with Crippen molar-refractivity contribution in [1.82, 2.24) is 9.88 Å². The van der Waals surface area contributed by atoms with Gasteiger partial charge in [0, 0.05) is 32.4 Å². The lowest BCUT2D eigenvalue weighted by molar-refractivity contribution is -0.142. The van der Waals surface area contributed by atoms with E-state index in [4.69, 9.17) is 0 Å². The number of carboxylic acid groups (broad SMARTS) is 1. The van der Waals surface area contributed by atoms with Gasteiger partial charge in [0.15, 0.2) is 0 Å². The van der Waals surface area contributed by atoms with Gasteiger partial charge >= 0.3 is 12.1 Å². The Hall–Kier alpha value is -2.32. The van der Waals surface area contributed by atoms with E-state index in [1.165, 1.54) is 6.07 Å². The fraction of sp³-hybridized carbons (Fsp3) is 0.588. The first-order valence-corrected chi connectivity index (χ1v) is 8.33. The van der Waals surface area contributed by atoms with E-state index in [0.29, 0.717) is 32.0 Å². The summed E-state index contributed by atoms with van der Waals surface area (Å²) in [6, 6.07) is 2.31. The van der Waals surface area contributed by atoms with Gasteiger partial charge in [-0.1, -0.05) is 13.8 Å². The van der Waals surface area contributed by atoms with Gasteiger partial charge in [0.1, 0.15) is 5.82 Å². The first-order valence-electron chi connectivity index (χ1n) is 8.33. The van der Waals surface area contributed by atoms with Crippen LogP contribution in [-0.2, 0) is 15.8 Å².